The normalized spacial score (nSPS) is 18.0. The van der Waals surface area contributed by atoms with Crippen molar-refractivity contribution >= 4 is 5.97 Å². The van der Waals surface area contributed by atoms with Gasteiger partial charge in [-0.3, -0.25) is 4.79 Å². The molecule has 1 saturated carbocycles. The summed E-state index contributed by atoms with van der Waals surface area (Å²) in [6.07, 6.45) is 6.10. The van der Waals surface area contributed by atoms with Crippen LogP contribution in [-0.2, 0) is 9.53 Å². The first kappa shape index (κ1) is 16.0. The second-order valence-corrected chi connectivity index (χ2v) is 6.24. The molecule has 1 aromatic rings. The molecule has 0 spiro atoms. The van der Waals surface area contributed by atoms with E-state index in [1.54, 1.807) is 0 Å². The van der Waals surface area contributed by atoms with Crippen molar-refractivity contribution in [1.82, 2.24) is 14.8 Å². The Kier molecular flexibility index (Phi) is 5.37. The van der Waals surface area contributed by atoms with Crippen LogP contribution in [0.15, 0.2) is 0 Å². The summed E-state index contributed by atoms with van der Waals surface area (Å²) in [4.78, 5) is 12.3. The van der Waals surface area contributed by atoms with E-state index in [4.69, 9.17) is 4.74 Å². The number of hydrogen-bond acceptors (Lipinski definition) is 4. The predicted octanol–water partition coefficient (Wildman–Crippen LogP) is 3.39. The van der Waals surface area contributed by atoms with Crippen molar-refractivity contribution in [1.29, 1.82) is 0 Å². The maximum absolute atomic E-state index is 12.3. The third kappa shape index (κ3) is 3.44. The Hall–Kier alpha value is -1.39. The lowest BCUT2D eigenvalue weighted by Crippen LogP contribution is -2.27. The zero-order valence-electron chi connectivity index (χ0n) is 13.6. The Morgan fingerprint density at radius 1 is 1.29 bits per heavy atom. The SMILES string of the molecule is CCOC(=O)C(c1nnc(C)n1C1CCCCC1)C(C)C. The summed E-state index contributed by atoms with van der Waals surface area (Å²) in [5, 5.41) is 8.57. The minimum absolute atomic E-state index is 0.148. The summed E-state index contributed by atoms with van der Waals surface area (Å²) in [5.74, 6) is 1.33. The molecule has 0 amide bonds. The van der Waals surface area contributed by atoms with Gasteiger partial charge in [-0.25, -0.2) is 0 Å². The predicted molar refractivity (Wildman–Crippen MR) is 81.1 cm³/mol. The van der Waals surface area contributed by atoms with Crippen molar-refractivity contribution in [2.45, 2.75) is 71.8 Å². The molecule has 0 saturated heterocycles. The molecule has 2 rings (SSSR count). The highest BCUT2D eigenvalue weighted by Crippen LogP contribution is 2.33. The summed E-state index contributed by atoms with van der Waals surface area (Å²) in [6.45, 7) is 8.30. The minimum Gasteiger partial charge on any atom is -0.465 e. The van der Waals surface area contributed by atoms with E-state index < -0.39 is 0 Å². The van der Waals surface area contributed by atoms with Gasteiger partial charge in [0, 0.05) is 6.04 Å². The molecule has 1 unspecified atom stereocenters. The Morgan fingerprint density at radius 2 is 1.95 bits per heavy atom. The van der Waals surface area contributed by atoms with Crippen LogP contribution in [-0.4, -0.2) is 27.3 Å². The van der Waals surface area contributed by atoms with Gasteiger partial charge in [-0.2, -0.15) is 0 Å². The molecule has 1 aliphatic carbocycles. The van der Waals surface area contributed by atoms with Gasteiger partial charge in [-0.15, -0.1) is 10.2 Å². The molecule has 118 valence electrons. The molecule has 5 heteroatoms. The molecule has 21 heavy (non-hydrogen) atoms. The first-order valence-corrected chi connectivity index (χ1v) is 8.14. The lowest BCUT2D eigenvalue weighted by Gasteiger charge is -2.28. The highest BCUT2D eigenvalue weighted by atomic mass is 16.5. The van der Waals surface area contributed by atoms with E-state index in [1.807, 2.05) is 27.7 Å². The van der Waals surface area contributed by atoms with Crippen molar-refractivity contribution in [3.63, 3.8) is 0 Å². The van der Waals surface area contributed by atoms with Crippen molar-refractivity contribution in [3.8, 4) is 0 Å². The molecular weight excluding hydrogens is 266 g/mol. The average molecular weight is 293 g/mol. The van der Waals surface area contributed by atoms with Gasteiger partial charge >= 0.3 is 5.97 Å². The first-order valence-electron chi connectivity index (χ1n) is 8.14. The fourth-order valence-corrected chi connectivity index (χ4v) is 3.30. The van der Waals surface area contributed by atoms with Gasteiger partial charge in [-0.1, -0.05) is 33.1 Å². The third-order valence-electron chi connectivity index (χ3n) is 4.32. The molecular formula is C16H27N3O2. The Bertz CT molecular complexity index is 476. The fraction of sp³-hybridized carbons (Fsp3) is 0.812. The molecule has 1 aliphatic rings. The molecule has 1 fully saturated rings. The molecule has 1 atom stereocenters. The van der Waals surface area contributed by atoms with Crippen LogP contribution in [0.2, 0.25) is 0 Å². The number of hydrogen-bond donors (Lipinski definition) is 0. The smallest absolute Gasteiger partial charge is 0.316 e. The number of nitrogens with zero attached hydrogens (tertiary/aromatic N) is 3. The quantitative estimate of drug-likeness (QED) is 0.781. The third-order valence-corrected chi connectivity index (χ3v) is 4.32. The zero-order chi connectivity index (χ0) is 15.4. The first-order chi connectivity index (χ1) is 10.1. The molecule has 0 N–H and O–H groups in total. The average Bonchev–Trinajstić information content (AvgIpc) is 2.81. The van der Waals surface area contributed by atoms with E-state index in [-0.39, 0.29) is 17.8 Å². The summed E-state index contributed by atoms with van der Waals surface area (Å²) in [6, 6.07) is 0.430. The van der Waals surface area contributed by atoms with Crippen LogP contribution in [0, 0.1) is 12.8 Å². The lowest BCUT2D eigenvalue weighted by atomic mass is 9.92. The van der Waals surface area contributed by atoms with E-state index in [0.29, 0.717) is 12.6 Å². The van der Waals surface area contributed by atoms with Crippen molar-refractivity contribution < 1.29 is 9.53 Å². The molecule has 0 aliphatic heterocycles. The van der Waals surface area contributed by atoms with Crippen molar-refractivity contribution in [2.24, 2.45) is 5.92 Å². The lowest BCUT2D eigenvalue weighted by molar-refractivity contribution is -0.146. The highest BCUT2D eigenvalue weighted by Gasteiger charge is 2.33. The molecule has 0 aromatic carbocycles. The number of aromatic nitrogens is 3. The van der Waals surface area contributed by atoms with Gasteiger partial charge in [0.1, 0.15) is 17.6 Å². The van der Waals surface area contributed by atoms with Crippen LogP contribution < -0.4 is 0 Å². The summed E-state index contributed by atoms with van der Waals surface area (Å²) < 4.78 is 7.45. The van der Waals surface area contributed by atoms with E-state index in [1.165, 1.54) is 19.3 Å². The number of ether oxygens (including phenoxy) is 1. The van der Waals surface area contributed by atoms with Crippen LogP contribution in [0.25, 0.3) is 0 Å². The van der Waals surface area contributed by atoms with Crippen molar-refractivity contribution in [2.75, 3.05) is 6.61 Å². The van der Waals surface area contributed by atoms with Crippen LogP contribution in [0.1, 0.15) is 76.5 Å². The highest BCUT2D eigenvalue weighted by molar-refractivity contribution is 5.77. The Labute approximate surface area is 127 Å². The second-order valence-electron chi connectivity index (χ2n) is 6.24. The molecule has 0 radical (unpaired) electrons. The fourth-order valence-electron chi connectivity index (χ4n) is 3.30. The topological polar surface area (TPSA) is 57.0 Å². The Morgan fingerprint density at radius 3 is 2.52 bits per heavy atom. The van der Waals surface area contributed by atoms with Crippen LogP contribution in [0.4, 0.5) is 0 Å². The number of carbonyl (C=O) groups excluding carboxylic acids is 1. The van der Waals surface area contributed by atoms with E-state index in [0.717, 1.165) is 24.5 Å². The molecule has 1 heterocycles. The van der Waals surface area contributed by atoms with Gasteiger partial charge in [-0.05, 0) is 32.6 Å². The van der Waals surface area contributed by atoms with Crippen LogP contribution >= 0.6 is 0 Å². The number of esters is 1. The number of aryl methyl sites for hydroxylation is 1. The number of carbonyl (C=O) groups is 1. The van der Waals surface area contributed by atoms with Gasteiger partial charge in [0.2, 0.25) is 0 Å². The van der Waals surface area contributed by atoms with E-state index in [2.05, 4.69) is 14.8 Å². The van der Waals surface area contributed by atoms with E-state index >= 15 is 0 Å². The Balaban J connectivity index is 2.34. The standard InChI is InChI=1S/C16H27N3O2/c1-5-21-16(20)14(11(2)3)15-18-17-12(4)19(15)13-9-7-6-8-10-13/h11,13-14H,5-10H2,1-4H3. The van der Waals surface area contributed by atoms with E-state index in [9.17, 15) is 4.79 Å². The van der Waals surface area contributed by atoms with Gasteiger partial charge in [0.05, 0.1) is 6.61 Å². The van der Waals surface area contributed by atoms with Crippen LogP contribution in [0.3, 0.4) is 0 Å². The van der Waals surface area contributed by atoms with Gasteiger partial charge in [0.25, 0.3) is 0 Å². The van der Waals surface area contributed by atoms with Crippen molar-refractivity contribution in [3.05, 3.63) is 11.6 Å². The number of rotatable bonds is 5. The molecule has 1 aromatic heterocycles. The molecule has 5 nitrogen and oxygen atoms in total. The van der Waals surface area contributed by atoms with Gasteiger partial charge < -0.3 is 9.30 Å². The summed E-state index contributed by atoms with van der Waals surface area (Å²) in [5.41, 5.74) is 0. The van der Waals surface area contributed by atoms with Crippen LogP contribution in [0.5, 0.6) is 0 Å². The second kappa shape index (κ2) is 7.05. The maximum atomic E-state index is 12.3. The minimum atomic E-state index is -0.326. The zero-order valence-corrected chi connectivity index (χ0v) is 13.6. The van der Waals surface area contributed by atoms with Gasteiger partial charge in [0.15, 0.2) is 0 Å². The summed E-state index contributed by atoms with van der Waals surface area (Å²) >= 11 is 0. The summed E-state index contributed by atoms with van der Waals surface area (Å²) in [7, 11) is 0. The molecule has 0 bridgehead atoms. The largest absolute Gasteiger partial charge is 0.465 e. The maximum Gasteiger partial charge on any atom is 0.316 e. The monoisotopic (exact) mass is 293 g/mol.